The van der Waals surface area contributed by atoms with Gasteiger partial charge in [0.15, 0.2) is 0 Å². The summed E-state index contributed by atoms with van der Waals surface area (Å²) in [6.45, 7) is 13.5. The lowest BCUT2D eigenvalue weighted by molar-refractivity contribution is -0.126. The normalized spacial score (nSPS) is 21.4. The van der Waals surface area contributed by atoms with Gasteiger partial charge in [0.2, 0.25) is 5.91 Å². The first kappa shape index (κ1) is 16.4. The van der Waals surface area contributed by atoms with Gasteiger partial charge in [0.25, 0.3) is 0 Å². The quantitative estimate of drug-likeness (QED) is 0.738. The summed E-state index contributed by atoms with van der Waals surface area (Å²) >= 11 is 0. The van der Waals surface area contributed by atoms with Crippen molar-refractivity contribution in [1.82, 2.24) is 15.5 Å². The van der Waals surface area contributed by atoms with Gasteiger partial charge < -0.3 is 10.6 Å². The molecule has 1 saturated heterocycles. The Bertz CT molecular complexity index is 273. The van der Waals surface area contributed by atoms with Gasteiger partial charge in [-0.05, 0) is 46.1 Å². The molecule has 0 aliphatic carbocycles. The molecule has 2 N–H and O–H groups in total. The van der Waals surface area contributed by atoms with Crippen LogP contribution in [0.4, 0.5) is 0 Å². The fourth-order valence-electron chi connectivity index (χ4n) is 2.63. The SMILES string of the molecule is CC(C)CN(CC1CCCN1)C(C)C(=O)NC(C)C. The van der Waals surface area contributed by atoms with Crippen LogP contribution in [-0.2, 0) is 4.79 Å². The van der Waals surface area contributed by atoms with Gasteiger partial charge in [-0.2, -0.15) is 0 Å². The van der Waals surface area contributed by atoms with E-state index in [9.17, 15) is 4.79 Å². The third-order valence-electron chi connectivity index (χ3n) is 3.58. The highest BCUT2D eigenvalue weighted by Crippen LogP contribution is 2.12. The van der Waals surface area contributed by atoms with Crippen LogP contribution in [0.25, 0.3) is 0 Å². The number of hydrogen-bond acceptors (Lipinski definition) is 3. The zero-order valence-electron chi connectivity index (χ0n) is 13.2. The highest BCUT2D eigenvalue weighted by atomic mass is 16.2. The molecule has 0 aromatic carbocycles. The highest BCUT2D eigenvalue weighted by molar-refractivity contribution is 5.81. The van der Waals surface area contributed by atoms with E-state index in [1.54, 1.807) is 0 Å². The van der Waals surface area contributed by atoms with E-state index >= 15 is 0 Å². The molecule has 0 aromatic rings. The number of rotatable bonds is 7. The highest BCUT2D eigenvalue weighted by Gasteiger charge is 2.26. The Balaban J connectivity index is 2.57. The second-order valence-corrected chi connectivity index (χ2v) is 6.48. The Hall–Kier alpha value is -0.610. The van der Waals surface area contributed by atoms with Crippen molar-refractivity contribution in [3.05, 3.63) is 0 Å². The first-order valence-electron chi connectivity index (χ1n) is 7.68. The average molecular weight is 269 g/mol. The van der Waals surface area contributed by atoms with Crippen LogP contribution in [0.5, 0.6) is 0 Å². The zero-order chi connectivity index (χ0) is 14.4. The summed E-state index contributed by atoms with van der Waals surface area (Å²) < 4.78 is 0. The molecule has 2 atom stereocenters. The molecule has 0 aromatic heterocycles. The molecule has 1 aliphatic rings. The predicted molar refractivity (Wildman–Crippen MR) is 80.2 cm³/mol. The van der Waals surface area contributed by atoms with Crippen molar-refractivity contribution in [2.75, 3.05) is 19.6 Å². The van der Waals surface area contributed by atoms with Crippen molar-refractivity contribution < 1.29 is 4.79 Å². The van der Waals surface area contributed by atoms with E-state index in [2.05, 4.69) is 29.4 Å². The van der Waals surface area contributed by atoms with Gasteiger partial charge >= 0.3 is 0 Å². The number of carbonyl (C=O) groups is 1. The van der Waals surface area contributed by atoms with Crippen molar-refractivity contribution in [2.24, 2.45) is 5.92 Å². The summed E-state index contributed by atoms with van der Waals surface area (Å²) in [5.74, 6) is 0.726. The predicted octanol–water partition coefficient (Wildman–Crippen LogP) is 1.61. The fourth-order valence-corrected chi connectivity index (χ4v) is 2.63. The van der Waals surface area contributed by atoms with Gasteiger partial charge in [0.05, 0.1) is 6.04 Å². The molecular formula is C15H31N3O. The first-order chi connectivity index (χ1) is 8.90. The lowest BCUT2D eigenvalue weighted by atomic mass is 10.1. The molecule has 1 amide bonds. The van der Waals surface area contributed by atoms with Gasteiger partial charge in [-0.1, -0.05) is 13.8 Å². The van der Waals surface area contributed by atoms with Crippen molar-refractivity contribution in [3.8, 4) is 0 Å². The molecule has 1 heterocycles. The van der Waals surface area contributed by atoms with Crippen LogP contribution >= 0.6 is 0 Å². The number of amides is 1. The summed E-state index contributed by atoms with van der Waals surface area (Å²) in [7, 11) is 0. The van der Waals surface area contributed by atoms with Crippen LogP contribution in [0.3, 0.4) is 0 Å². The smallest absolute Gasteiger partial charge is 0.237 e. The lowest BCUT2D eigenvalue weighted by Crippen LogP contribution is -2.51. The molecule has 112 valence electrons. The van der Waals surface area contributed by atoms with E-state index in [1.807, 2.05) is 20.8 Å². The van der Waals surface area contributed by atoms with Crippen LogP contribution in [0, 0.1) is 5.92 Å². The minimum Gasteiger partial charge on any atom is -0.353 e. The summed E-state index contributed by atoms with van der Waals surface area (Å²) in [5, 5.41) is 6.54. The number of nitrogens with one attached hydrogen (secondary N) is 2. The molecule has 4 heteroatoms. The van der Waals surface area contributed by atoms with Crippen molar-refractivity contribution in [1.29, 1.82) is 0 Å². The maximum atomic E-state index is 12.2. The molecular weight excluding hydrogens is 238 g/mol. The molecule has 2 unspecified atom stereocenters. The molecule has 19 heavy (non-hydrogen) atoms. The average Bonchev–Trinajstić information content (AvgIpc) is 2.78. The summed E-state index contributed by atoms with van der Waals surface area (Å²) in [6, 6.07) is 0.709. The Labute approximate surface area is 118 Å². The van der Waals surface area contributed by atoms with E-state index in [0.717, 1.165) is 19.6 Å². The number of nitrogens with zero attached hydrogens (tertiary/aromatic N) is 1. The Morgan fingerprint density at radius 1 is 1.32 bits per heavy atom. The monoisotopic (exact) mass is 269 g/mol. The summed E-state index contributed by atoms with van der Waals surface area (Å²) in [6.07, 6.45) is 2.49. The minimum absolute atomic E-state index is 0.0489. The minimum atomic E-state index is -0.0489. The summed E-state index contributed by atoms with van der Waals surface area (Å²) in [4.78, 5) is 14.5. The van der Waals surface area contributed by atoms with Crippen LogP contribution in [-0.4, -0.2) is 48.6 Å². The Kier molecular flexibility index (Phi) is 6.80. The molecule has 1 rings (SSSR count). The molecule has 0 radical (unpaired) electrons. The number of carbonyl (C=O) groups excluding carboxylic acids is 1. The molecule has 4 nitrogen and oxygen atoms in total. The second kappa shape index (κ2) is 7.85. The van der Waals surface area contributed by atoms with Gasteiger partial charge in [-0.25, -0.2) is 0 Å². The maximum absolute atomic E-state index is 12.2. The molecule has 0 bridgehead atoms. The van der Waals surface area contributed by atoms with Crippen molar-refractivity contribution in [2.45, 2.75) is 65.6 Å². The molecule has 0 spiro atoms. The zero-order valence-corrected chi connectivity index (χ0v) is 13.2. The molecule has 1 aliphatic heterocycles. The van der Waals surface area contributed by atoms with E-state index < -0.39 is 0 Å². The van der Waals surface area contributed by atoms with Gasteiger partial charge in [-0.3, -0.25) is 9.69 Å². The maximum Gasteiger partial charge on any atom is 0.237 e. The summed E-state index contributed by atoms with van der Waals surface area (Å²) in [5.41, 5.74) is 0. The van der Waals surface area contributed by atoms with Crippen LogP contribution < -0.4 is 10.6 Å². The molecule has 1 fully saturated rings. The van der Waals surface area contributed by atoms with E-state index in [1.165, 1.54) is 12.8 Å². The van der Waals surface area contributed by atoms with E-state index in [0.29, 0.717) is 12.0 Å². The largest absolute Gasteiger partial charge is 0.353 e. The van der Waals surface area contributed by atoms with Crippen molar-refractivity contribution >= 4 is 5.91 Å². The Morgan fingerprint density at radius 2 is 2.00 bits per heavy atom. The topological polar surface area (TPSA) is 44.4 Å². The lowest BCUT2D eigenvalue weighted by Gasteiger charge is -2.32. The van der Waals surface area contributed by atoms with Crippen LogP contribution in [0.2, 0.25) is 0 Å². The standard InChI is InChI=1S/C15H31N3O/c1-11(2)9-18(10-14-7-6-8-16-14)13(5)15(19)17-12(3)4/h11-14,16H,6-10H2,1-5H3,(H,17,19). The van der Waals surface area contributed by atoms with Crippen molar-refractivity contribution in [3.63, 3.8) is 0 Å². The van der Waals surface area contributed by atoms with E-state index in [-0.39, 0.29) is 18.0 Å². The third-order valence-corrected chi connectivity index (χ3v) is 3.58. The van der Waals surface area contributed by atoms with Gasteiger partial charge in [0, 0.05) is 25.2 Å². The van der Waals surface area contributed by atoms with Crippen LogP contribution in [0.1, 0.15) is 47.5 Å². The fraction of sp³-hybridized carbons (Fsp3) is 0.933. The van der Waals surface area contributed by atoms with Crippen LogP contribution in [0.15, 0.2) is 0 Å². The van der Waals surface area contributed by atoms with E-state index in [4.69, 9.17) is 0 Å². The second-order valence-electron chi connectivity index (χ2n) is 6.48. The Morgan fingerprint density at radius 3 is 2.47 bits per heavy atom. The first-order valence-corrected chi connectivity index (χ1v) is 7.68. The molecule has 0 saturated carbocycles. The number of hydrogen-bond donors (Lipinski definition) is 2. The van der Waals surface area contributed by atoms with Gasteiger partial charge in [0.1, 0.15) is 0 Å². The van der Waals surface area contributed by atoms with Gasteiger partial charge in [-0.15, -0.1) is 0 Å². The third kappa shape index (κ3) is 5.91.